The molecule has 0 aromatic heterocycles. The molecule has 0 atom stereocenters. The molecular formula is C16H8ClFN2O4. The van der Waals surface area contributed by atoms with Crippen LogP contribution in [0, 0.1) is 15.9 Å². The number of hydrogen-bond donors (Lipinski definition) is 0. The van der Waals surface area contributed by atoms with Crippen LogP contribution in [0.3, 0.4) is 0 Å². The van der Waals surface area contributed by atoms with Crippen molar-refractivity contribution in [1.29, 1.82) is 0 Å². The van der Waals surface area contributed by atoms with E-state index in [-0.39, 0.29) is 22.3 Å². The van der Waals surface area contributed by atoms with Crippen LogP contribution in [0.15, 0.2) is 53.2 Å². The highest BCUT2D eigenvalue weighted by Crippen LogP contribution is 2.27. The van der Waals surface area contributed by atoms with Gasteiger partial charge in [-0.1, -0.05) is 17.7 Å². The smallest absolute Gasteiger partial charge is 0.363 e. The number of benzene rings is 2. The number of ether oxygens (including phenoxy) is 1. The van der Waals surface area contributed by atoms with E-state index in [2.05, 4.69) is 4.99 Å². The van der Waals surface area contributed by atoms with Gasteiger partial charge in [-0.25, -0.2) is 14.2 Å². The van der Waals surface area contributed by atoms with Gasteiger partial charge in [0.2, 0.25) is 5.90 Å². The monoisotopic (exact) mass is 346 g/mol. The van der Waals surface area contributed by atoms with Gasteiger partial charge in [-0.3, -0.25) is 10.1 Å². The van der Waals surface area contributed by atoms with Gasteiger partial charge in [0.25, 0.3) is 5.69 Å². The summed E-state index contributed by atoms with van der Waals surface area (Å²) >= 11 is 5.74. The van der Waals surface area contributed by atoms with E-state index in [9.17, 15) is 19.3 Å². The zero-order chi connectivity index (χ0) is 17.3. The molecule has 1 heterocycles. The van der Waals surface area contributed by atoms with Crippen molar-refractivity contribution in [1.82, 2.24) is 0 Å². The molecule has 0 saturated carbocycles. The van der Waals surface area contributed by atoms with Crippen molar-refractivity contribution in [2.75, 3.05) is 0 Å². The molecule has 1 aliphatic rings. The van der Waals surface area contributed by atoms with Crippen LogP contribution in [0.1, 0.15) is 11.1 Å². The number of nitro groups is 1. The van der Waals surface area contributed by atoms with Crippen molar-refractivity contribution >= 4 is 35.2 Å². The third kappa shape index (κ3) is 3.16. The van der Waals surface area contributed by atoms with Crippen LogP contribution < -0.4 is 0 Å². The average Bonchev–Trinajstić information content (AvgIpc) is 2.90. The molecule has 0 saturated heterocycles. The minimum atomic E-state index is -0.702. The molecule has 120 valence electrons. The fourth-order valence-electron chi connectivity index (χ4n) is 2.04. The highest BCUT2D eigenvalue weighted by Gasteiger charge is 2.24. The second-order valence-corrected chi connectivity index (χ2v) is 5.22. The molecule has 2 aromatic carbocycles. The van der Waals surface area contributed by atoms with Gasteiger partial charge in [-0.05, 0) is 42.0 Å². The van der Waals surface area contributed by atoms with Crippen molar-refractivity contribution in [3.8, 4) is 0 Å². The van der Waals surface area contributed by atoms with Crippen LogP contribution in [-0.4, -0.2) is 16.8 Å². The number of rotatable bonds is 3. The molecule has 0 amide bonds. The van der Waals surface area contributed by atoms with E-state index < -0.39 is 16.7 Å². The fraction of sp³-hybridized carbons (Fsp3) is 0. The molecular weight excluding hydrogens is 339 g/mol. The number of aliphatic imine (C=N–C) groups is 1. The van der Waals surface area contributed by atoms with Crippen LogP contribution in [0.5, 0.6) is 0 Å². The highest BCUT2D eigenvalue weighted by atomic mass is 35.5. The number of halogens is 2. The van der Waals surface area contributed by atoms with E-state index in [1.165, 1.54) is 48.5 Å². The summed E-state index contributed by atoms with van der Waals surface area (Å²) < 4.78 is 18.0. The lowest BCUT2D eigenvalue weighted by atomic mass is 10.1. The molecule has 3 rings (SSSR count). The van der Waals surface area contributed by atoms with E-state index >= 15 is 0 Å². The van der Waals surface area contributed by atoms with E-state index in [4.69, 9.17) is 16.3 Å². The normalized spacial score (nSPS) is 15.3. The first-order valence-corrected chi connectivity index (χ1v) is 7.04. The molecule has 0 spiro atoms. The summed E-state index contributed by atoms with van der Waals surface area (Å²) in [4.78, 5) is 26.2. The van der Waals surface area contributed by atoms with Crippen LogP contribution in [0.2, 0.25) is 5.02 Å². The number of hydrogen-bond acceptors (Lipinski definition) is 5. The maximum Gasteiger partial charge on any atom is 0.363 e. The molecule has 1 aliphatic heterocycles. The zero-order valence-electron chi connectivity index (χ0n) is 11.9. The maximum atomic E-state index is 12.9. The first-order chi connectivity index (χ1) is 11.4. The van der Waals surface area contributed by atoms with Gasteiger partial charge in [0.05, 0.1) is 4.92 Å². The van der Waals surface area contributed by atoms with Gasteiger partial charge in [0.15, 0.2) is 5.70 Å². The molecule has 0 radical (unpaired) electrons. The third-order valence-corrected chi connectivity index (χ3v) is 3.50. The fourth-order valence-corrected chi connectivity index (χ4v) is 2.23. The van der Waals surface area contributed by atoms with Gasteiger partial charge in [0, 0.05) is 11.6 Å². The topological polar surface area (TPSA) is 81.8 Å². The van der Waals surface area contributed by atoms with Crippen LogP contribution >= 0.6 is 11.6 Å². The Hall–Kier alpha value is -3.06. The maximum absolute atomic E-state index is 12.9. The molecule has 0 aliphatic carbocycles. The van der Waals surface area contributed by atoms with Crippen molar-refractivity contribution in [3.05, 3.63) is 80.2 Å². The molecule has 0 N–H and O–H groups in total. The number of esters is 1. The van der Waals surface area contributed by atoms with Crippen LogP contribution in [0.4, 0.5) is 10.1 Å². The molecule has 24 heavy (non-hydrogen) atoms. The Morgan fingerprint density at radius 2 is 1.92 bits per heavy atom. The molecule has 0 bridgehead atoms. The van der Waals surface area contributed by atoms with E-state index in [0.717, 1.165) is 0 Å². The molecule has 0 fully saturated rings. The second kappa shape index (κ2) is 6.21. The molecule has 2 aromatic rings. The summed E-state index contributed by atoms with van der Waals surface area (Å²) in [5.74, 6) is -1.09. The summed E-state index contributed by atoms with van der Waals surface area (Å²) in [6, 6.07) is 9.40. The summed E-state index contributed by atoms with van der Waals surface area (Å²) in [5, 5.41) is 10.9. The highest BCUT2D eigenvalue weighted by molar-refractivity contribution is 6.32. The summed E-state index contributed by atoms with van der Waals surface area (Å²) in [6.07, 6.45) is 1.35. The Balaban J connectivity index is 1.95. The van der Waals surface area contributed by atoms with Crippen molar-refractivity contribution < 1.29 is 18.8 Å². The van der Waals surface area contributed by atoms with Gasteiger partial charge in [-0.2, -0.15) is 0 Å². The minimum absolute atomic E-state index is 0.00773. The number of nitro benzene ring substituents is 1. The van der Waals surface area contributed by atoms with Gasteiger partial charge in [-0.15, -0.1) is 0 Å². The third-order valence-electron chi connectivity index (χ3n) is 3.18. The molecule has 0 unspecified atom stereocenters. The molecule has 8 heteroatoms. The zero-order valence-corrected chi connectivity index (χ0v) is 12.7. The minimum Gasteiger partial charge on any atom is -0.402 e. The predicted molar refractivity (Wildman–Crippen MR) is 85.1 cm³/mol. The van der Waals surface area contributed by atoms with Crippen molar-refractivity contribution in [2.24, 2.45) is 4.99 Å². The van der Waals surface area contributed by atoms with E-state index in [1.807, 2.05) is 0 Å². The number of carbonyl (C=O) groups excluding carboxylic acids is 1. The number of carbonyl (C=O) groups is 1. The summed E-state index contributed by atoms with van der Waals surface area (Å²) in [6.45, 7) is 0. The summed E-state index contributed by atoms with van der Waals surface area (Å²) in [7, 11) is 0. The summed E-state index contributed by atoms with van der Waals surface area (Å²) in [5.41, 5.74) is 0.517. The Morgan fingerprint density at radius 1 is 1.21 bits per heavy atom. The van der Waals surface area contributed by atoms with Crippen molar-refractivity contribution in [2.45, 2.75) is 0 Å². The Labute approximate surface area is 140 Å². The van der Waals surface area contributed by atoms with Crippen LogP contribution in [-0.2, 0) is 9.53 Å². The van der Waals surface area contributed by atoms with Gasteiger partial charge in [0.1, 0.15) is 10.8 Å². The van der Waals surface area contributed by atoms with Crippen molar-refractivity contribution in [3.63, 3.8) is 0 Å². The first kappa shape index (κ1) is 15.8. The largest absolute Gasteiger partial charge is 0.402 e. The number of nitrogens with zero attached hydrogens (tertiary/aromatic N) is 2. The average molecular weight is 347 g/mol. The molecule has 6 nitrogen and oxygen atoms in total. The van der Waals surface area contributed by atoms with E-state index in [0.29, 0.717) is 11.1 Å². The lowest BCUT2D eigenvalue weighted by molar-refractivity contribution is -0.384. The van der Waals surface area contributed by atoms with Crippen LogP contribution in [0.25, 0.3) is 6.08 Å². The Bertz CT molecular complexity index is 907. The number of cyclic esters (lactones) is 1. The first-order valence-electron chi connectivity index (χ1n) is 6.66. The lowest BCUT2D eigenvalue weighted by Gasteiger charge is -1.98. The Morgan fingerprint density at radius 3 is 2.58 bits per heavy atom. The second-order valence-electron chi connectivity index (χ2n) is 4.81. The SMILES string of the molecule is O=C1OC(c2ccc(F)cc2)=N/C1=C/c1ccc(Cl)c([N+](=O)[O-])c1. The standard InChI is InChI=1S/C16H8ClFN2O4/c17-12-6-1-9(8-14(12)20(22)23)7-13-16(21)24-15(19-13)10-2-4-11(18)5-3-10/h1-8H/b13-7+. The van der Waals surface area contributed by atoms with E-state index in [1.54, 1.807) is 0 Å². The lowest BCUT2D eigenvalue weighted by Crippen LogP contribution is -2.05. The quantitative estimate of drug-likeness (QED) is 0.367. The van der Waals surface area contributed by atoms with Gasteiger partial charge >= 0.3 is 5.97 Å². The predicted octanol–water partition coefficient (Wildman–Crippen LogP) is 3.73. The van der Waals surface area contributed by atoms with Gasteiger partial charge < -0.3 is 4.74 Å². The Kier molecular flexibility index (Phi) is 4.09.